The lowest BCUT2D eigenvalue weighted by Gasteiger charge is -2.12. The second-order valence-electron chi connectivity index (χ2n) is 6.44. The molecule has 2 N–H and O–H groups in total. The summed E-state index contributed by atoms with van der Waals surface area (Å²) in [5.74, 6) is 2.15. The third-order valence-corrected chi connectivity index (χ3v) is 4.17. The van der Waals surface area contributed by atoms with Crippen LogP contribution in [0, 0.1) is 5.92 Å². The van der Waals surface area contributed by atoms with Crippen molar-refractivity contribution in [1.82, 2.24) is 10.6 Å². The van der Waals surface area contributed by atoms with Gasteiger partial charge in [0.1, 0.15) is 5.76 Å². The number of aliphatic imine (C=N–C) groups is 1. The van der Waals surface area contributed by atoms with E-state index in [2.05, 4.69) is 15.6 Å². The lowest BCUT2D eigenvalue weighted by atomic mass is 10.1. The third kappa shape index (κ3) is 5.82. The van der Waals surface area contributed by atoms with Crippen LogP contribution >= 0.6 is 0 Å². The summed E-state index contributed by atoms with van der Waals surface area (Å²) in [4.78, 5) is 4.43. The van der Waals surface area contributed by atoms with E-state index in [0.29, 0.717) is 30.4 Å². The number of nitrogens with one attached hydrogen (secondary N) is 2. The van der Waals surface area contributed by atoms with Gasteiger partial charge in [-0.2, -0.15) is 13.2 Å². The highest BCUT2D eigenvalue weighted by atomic mass is 19.4. The van der Waals surface area contributed by atoms with E-state index in [1.807, 2.05) is 12.1 Å². The van der Waals surface area contributed by atoms with Crippen molar-refractivity contribution in [2.75, 3.05) is 13.1 Å². The van der Waals surface area contributed by atoms with Crippen LogP contribution in [-0.4, -0.2) is 19.0 Å². The van der Waals surface area contributed by atoms with Crippen molar-refractivity contribution in [3.63, 3.8) is 0 Å². The molecule has 0 spiro atoms. The maximum atomic E-state index is 12.8. The van der Waals surface area contributed by atoms with E-state index in [1.54, 1.807) is 12.3 Å². The van der Waals surface area contributed by atoms with Gasteiger partial charge in [-0.1, -0.05) is 12.1 Å². The Balaban J connectivity index is 1.59. The normalized spacial score (nSPS) is 15.1. The molecule has 7 heteroatoms. The van der Waals surface area contributed by atoms with Gasteiger partial charge in [-0.05, 0) is 48.6 Å². The van der Waals surface area contributed by atoms with Crippen molar-refractivity contribution in [2.24, 2.45) is 10.9 Å². The van der Waals surface area contributed by atoms with Crippen LogP contribution in [-0.2, 0) is 19.1 Å². The van der Waals surface area contributed by atoms with Gasteiger partial charge in [0.15, 0.2) is 5.96 Å². The van der Waals surface area contributed by atoms with E-state index < -0.39 is 11.7 Å². The van der Waals surface area contributed by atoms with Crippen molar-refractivity contribution < 1.29 is 17.6 Å². The first-order valence-corrected chi connectivity index (χ1v) is 8.71. The highest BCUT2D eigenvalue weighted by Crippen LogP contribution is 2.29. The van der Waals surface area contributed by atoms with Crippen molar-refractivity contribution in [3.8, 4) is 0 Å². The summed E-state index contributed by atoms with van der Waals surface area (Å²) < 4.78 is 43.7. The van der Waals surface area contributed by atoms with Crippen molar-refractivity contribution in [2.45, 2.75) is 32.0 Å². The number of benzene rings is 1. The van der Waals surface area contributed by atoms with E-state index in [4.69, 9.17) is 4.42 Å². The monoisotopic (exact) mass is 365 g/mol. The van der Waals surface area contributed by atoms with E-state index >= 15 is 0 Å². The fraction of sp³-hybridized carbons (Fsp3) is 0.421. The van der Waals surface area contributed by atoms with Crippen LogP contribution in [0.25, 0.3) is 0 Å². The Morgan fingerprint density at radius 1 is 1.15 bits per heavy atom. The van der Waals surface area contributed by atoms with Gasteiger partial charge in [-0.15, -0.1) is 0 Å². The highest BCUT2D eigenvalue weighted by molar-refractivity contribution is 5.79. The molecule has 26 heavy (non-hydrogen) atoms. The van der Waals surface area contributed by atoms with Crippen LogP contribution in [0.3, 0.4) is 0 Å². The molecule has 2 aromatic rings. The Bertz CT molecular complexity index is 722. The van der Waals surface area contributed by atoms with Crippen LogP contribution in [0.15, 0.2) is 52.1 Å². The Kier molecular flexibility index (Phi) is 5.85. The number of alkyl halides is 3. The Hall–Kier alpha value is -2.44. The first-order chi connectivity index (χ1) is 12.5. The van der Waals surface area contributed by atoms with Crippen LogP contribution in [0.2, 0.25) is 0 Å². The minimum absolute atomic E-state index is 0.185. The van der Waals surface area contributed by atoms with Gasteiger partial charge in [-0.3, -0.25) is 0 Å². The van der Waals surface area contributed by atoms with Crippen molar-refractivity contribution in [3.05, 3.63) is 59.5 Å². The van der Waals surface area contributed by atoms with Crippen LogP contribution < -0.4 is 10.6 Å². The smallest absolute Gasteiger partial charge is 0.416 e. The van der Waals surface area contributed by atoms with Gasteiger partial charge in [0, 0.05) is 19.5 Å². The molecule has 0 bridgehead atoms. The van der Waals surface area contributed by atoms with Crippen molar-refractivity contribution in [1.29, 1.82) is 0 Å². The lowest BCUT2D eigenvalue weighted by molar-refractivity contribution is -0.137. The molecule has 1 aliphatic carbocycles. The predicted octanol–water partition coefficient (Wildman–Crippen LogP) is 3.99. The van der Waals surface area contributed by atoms with Gasteiger partial charge >= 0.3 is 6.18 Å². The van der Waals surface area contributed by atoms with E-state index in [9.17, 15) is 13.2 Å². The van der Waals surface area contributed by atoms with Crippen LogP contribution in [0.1, 0.15) is 29.7 Å². The second-order valence-corrected chi connectivity index (χ2v) is 6.44. The topological polar surface area (TPSA) is 49.6 Å². The zero-order valence-corrected chi connectivity index (χ0v) is 14.4. The molecule has 1 heterocycles. The summed E-state index contributed by atoms with van der Waals surface area (Å²) in [5.41, 5.74) is -0.123. The number of hydrogen-bond donors (Lipinski definition) is 2. The number of guanidine groups is 1. The molecule has 1 saturated carbocycles. The minimum atomic E-state index is -4.34. The molecular formula is C19H22F3N3O. The zero-order chi connectivity index (χ0) is 18.4. The summed E-state index contributed by atoms with van der Waals surface area (Å²) in [7, 11) is 0. The fourth-order valence-corrected chi connectivity index (χ4v) is 2.51. The molecule has 0 unspecified atom stereocenters. The molecule has 0 saturated heterocycles. The Labute approximate surface area is 150 Å². The van der Waals surface area contributed by atoms with Gasteiger partial charge in [0.25, 0.3) is 0 Å². The predicted molar refractivity (Wildman–Crippen MR) is 93.7 cm³/mol. The molecule has 0 radical (unpaired) electrons. The average molecular weight is 365 g/mol. The summed E-state index contributed by atoms with van der Waals surface area (Å²) >= 11 is 0. The number of furan rings is 1. The molecule has 1 fully saturated rings. The van der Waals surface area contributed by atoms with E-state index in [1.165, 1.54) is 18.9 Å². The summed E-state index contributed by atoms with van der Waals surface area (Å²) in [5, 5.41) is 6.48. The second kappa shape index (κ2) is 8.29. The summed E-state index contributed by atoms with van der Waals surface area (Å²) in [6.07, 6.45) is 0.415. The van der Waals surface area contributed by atoms with E-state index in [-0.39, 0.29) is 6.54 Å². The van der Waals surface area contributed by atoms with Crippen LogP contribution in [0.5, 0.6) is 0 Å². The molecule has 1 aromatic carbocycles. The molecule has 1 aliphatic rings. The lowest BCUT2D eigenvalue weighted by Crippen LogP contribution is -2.39. The first-order valence-electron chi connectivity index (χ1n) is 8.71. The van der Waals surface area contributed by atoms with Crippen LogP contribution in [0.4, 0.5) is 13.2 Å². The van der Waals surface area contributed by atoms with Gasteiger partial charge in [0.05, 0.1) is 18.4 Å². The summed E-state index contributed by atoms with van der Waals surface area (Å²) in [6, 6.07) is 9.02. The minimum Gasteiger partial charge on any atom is -0.469 e. The standard InChI is InChI=1S/C19H22F3N3O/c20-19(21,22)16-4-1-3-15(11-16)13-25-18(24-12-14-6-7-14)23-9-8-17-5-2-10-26-17/h1-5,10-11,14H,6-9,12-13H2,(H2,23,24,25). The number of nitrogens with zero attached hydrogens (tertiary/aromatic N) is 1. The maximum absolute atomic E-state index is 12.8. The molecule has 0 amide bonds. The first kappa shape index (κ1) is 18.4. The molecule has 1 aromatic heterocycles. The Morgan fingerprint density at radius 3 is 2.69 bits per heavy atom. The maximum Gasteiger partial charge on any atom is 0.416 e. The summed E-state index contributed by atoms with van der Waals surface area (Å²) in [6.45, 7) is 1.65. The molecular weight excluding hydrogens is 343 g/mol. The Morgan fingerprint density at radius 2 is 2.00 bits per heavy atom. The quantitative estimate of drug-likeness (QED) is 0.576. The van der Waals surface area contributed by atoms with E-state index in [0.717, 1.165) is 24.4 Å². The zero-order valence-electron chi connectivity index (χ0n) is 14.4. The van der Waals surface area contributed by atoms with Crippen molar-refractivity contribution >= 4 is 5.96 Å². The highest BCUT2D eigenvalue weighted by Gasteiger charge is 2.30. The third-order valence-electron chi connectivity index (χ3n) is 4.17. The molecule has 0 atom stereocenters. The van der Waals surface area contributed by atoms with Gasteiger partial charge in [-0.25, -0.2) is 4.99 Å². The molecule has 0 aliphatic heterocycles. The van der Waals surface area contributed by atoms with Gasteiger partial charge < -0.3 is 15.1 Å². The molecule has 140 valence electrons. The van der Waals surface area contributed by atoms with Gasteiger partial charge in [0.2, 0.25) is 0 Å². The SMILES string of the molecule is FC(F)(F)c1cccc(CN=C(NCCc2ccco2)NCC2CC2)c1. The molecule has 4 nitrogen and oxygen atoms in total. The average Bonchev–Trinajstić information content (AvgIpc) is 3.30. The number of hydrogen-bond acceptors (Lipinski definition) is 2. The number of halogens is 3. The largest absolute Gasteiger partial charge is 0.469 e. The molecule has 3 rings (SSSR count). The fourth-order valence-electron chi connectivity index (χ4n) is 2.51. The number of rotatable bonds is 7.